The lowest BCUT2D eigenvalue weighted by Gasteiger charge is -2.20. The van der Waals surface area contributed by atoms with E-state index in [0.717, 1.165) is 29.9 Å². The summed E-state index contributed by atoms with van der Waals surface area (Å²) in [5, 5.41) is 6.07. The van der Waals surface area contributed by atoms with Crippen LogP contribution in [0.5, 0.6) is 0 Å². The average Bonchev–Trinajstić information content (AvgIpc) is 2.63. The summed E-state index contributed by atoms with van der Waals surface area (Å²) >= 11 is 0. The molecule has 2 N–H and O–H groups in total. The molecule has 1 aromatic carbocycles. The zero-order valence-corrected chi connectivity index (χ0v) is 10.5. The van der Waals surface area contributed by atoms with Crippen LogP contribution in [0.2, 0.25) is 0 Å². The molecule has 0 saturated heterocycles. The molecule has 1 heterocycles. The van der Waals surface area contributed by atoms with Crippen molar-refractivity contribution in [2.45, 2.75) is 32.8 Å². The van der Waals surface area contributed by atoms with Crippen LogP contribution < -0.4 is 10.6 Å². The van der Waals surface area contributed by atoms with Crippen molar-refractivity contribution >= 4 is 17.5 Å². The van der Waals surface area contributed by atoms with Crippen molar-refractivity contribution in [3.63, 3.8) is 0 Å². The van der Waals surface area contributed by atoms with Gasteiger partial charge < -0.3 is 10.1 Å². The van der Waals surface area contributed by atoms with E-state index in [0.29, 0.717) is 0 Å². The van der Waals surface area contributed by atoms with Crippen molar-refractivity contribution in [1.82, 2.24) is 0 Å². The number of carbonyl (C=O) groups excluding carboxylic acids is 1. The molecule has 92 valence electrons. The minimum Gasteiger partial charge on any atom is -0.444 e. The molecule has 1 aliphatic rings. The first kappa shape index (κ1) is 11.8. The Morgan fingerprint density at radius 1 is 1.41 bits per heavy atom. The number of rotatable bonds is 1. The molecule has 4 heteroatoms. The van der Waals surface area contributed by atoms with E-state index in [2.05, 4.69) is 10.6 Å². The number of amides is 1. The van der Waals surface area contributed by atoms with Crippen molar-refractivity contribution in [3.8, 4) is 0 Å². The molecule has 0 aromatic heterocycles. The Labute approximate surface area is 101 Å². The predicted molar refractivity (Wildman–Crippen MR) is 68.5 cm³/mol. The second-order valence-electron chi connectivity index (χ2n) is 5.14. The summed E-state index contributed by atoms with van der Waals surface area (Å²) in [5.41, 5.74) is 2.61. The topological polar surface area (TPSA) is 50.4 Å². The lowest BCUT2D eigenvalue weighted by molar-refractivity contribution is 0.0636. The second-order valence-corrected chi connectivity index (χ2v) is 5.14. The van der Waals surface area contributed by atoms with Gasteiger partial charge in [0.1, 0.15) is 5.60 Å². The highest BCUT2D eigenvalue weighted by molar-refractivity contribution is 5.88. The molecule has 17 heavy (non-hydrogen) atoms. The average molecular weight is 234 g/mol. The number of anilines is 2. The van der Waals surface area contributed by atoms with Gasteiger partial charge in [0, 0.05) is 23.5 Å². The van der Waals surface area contributed by atoms with Crippen molar-refractivity contribution in [3.05, 3.63) is 23.8 Å². The fourth-order valence-corrected chi connectivity index (χ4v) is 1.87. The number of hydrogen-bond donors (Lipinski definition) is 2. The van der Waals surface area contributed by atoms with Crippen molar-refractivity contribution in [1.29, 1.82) is 0 Å². The van der Waals surface area contributed by atoms with Gasteiger partial charge in [0.15, 0.2) is 0 Å². The lowest BCUT2D eigenvalue weighted by atomic mass is 10.1. The lowest BCUT2D eigenvalue weighted by Crippen LogP contribution is -2.27. The van der Waals surface area contributed by atoms with Gasteiger partial charge in [-0.3, -0.25) is 5.32 Å². The van der Waals surface area contributed by atoms with Crippen LogP contribution in [0.15, 0.2) is 18.2 Å². The minimum atomic E-state index is -0.472. The maximum absolute atomic E-state index is 11.7. The summed E-state index contributed by atoms with van der Waals surface area (Å²) in [4.78, 5) is 11.7. The molecule has 1 amide bonds. The molecule has 0 fully saturated rings. The zero-order valence-electron chi connectivity index (χ0n) is 10.5. The molecule has 0 atom stereocenters. The molecule has 4 nitrogen and oxygen atoms in total. The Hall–Kier alpha value is -1.71. The number of ether oxygens (including phenoxy) is 1. The summed E-state index contributed by atoms with van der Waals surface area (Å²) < 4.78 is 5.23. The normalized spacial score (nSPS) is 13.8. The highest BCUT2D eigenvalue weighted by atomic mass is 16.6. The quantitative estimate of drug-likeness (QED) is 0.785. The second kappa shape index (κ2) is 4.28. The Balaban J connectivity index is 2.10. The Morgan fingerprint density at radius 3 is 2.88 bits per heavy atom. The maximum Gasteiger partial charge on any atom is 0.412 e. The van der Waals surface area contributed by atoms with Crippen LogP contribution in [0.4, 0.5) is 16.2 Å². The first-order valence-electron chi connectivity index (χ1n) is 5.81. The molecule has 0 saturated carbocycles. The van der Waals surface area contributed by atoms with Crippen LogP contribution in [-0.2, 0) is 11.2 Å². The molecule has 0 bridgehead atoms. The van der Waals surface area contributed by atoms with Gasteiger partial charge in [-0.25, -0.2) is 4.79 Å². The van der Waals surface area contributed by atoms with Crippen molar-refractivity contribution in [2.24, 2.45) is 0 Å². The van der Waals surface area contributed by atoms with Crippen molar-refractivity contribution < 1.29 is 9.53 Å². The Morgan fingerprint density at radius 2 is 2.18 bits per heavy atom. The van der Waals surface area contributed by atoms with Gasteiger partial charge in [-0.15, -0.1) is 0 Å². The summed E-state index contributed by atoms with van der Waals surface area (Å²) in [7, 11) is 0. The summed E-state index contributed by atoms with van der Waals surface area (Å²) in [6.45, 7) is 6.47. The molecule has 0 radical (unpaired) electrons. The van der Waals surface area contributed by atoms with Gasteiger partial charge in [-0.2, -0.15) is 0 Å². The fraction of sp³-hybridized carbons (Fsp3) is 0.462. The minimum absolute atomic E-state index is 0.405. The van der Waals surface area contributed by atoms with Gasteiger partial charge in [-0.05, 0) is 39.3 Å². The molecule has 0 aliphatic carbocycles. The first-order chi connectivity index (χ1) is 7.96. The van der Waals surface area contributed by atoms with E-state index in [4.69, 9.17) is 4.74 Å². The van der Waals surface area contributed by atoms with E-state index in [-0.39, 0.29) is 0 Å². The number of fused-ring (bicyclic) bond motifs is 1. The van der Waals surface area contributed by atoms with E-state index < -0.39 is 11.7 Å². The number of hydrogen-bond acceptors (Lipinski definition) is 3. The third-order valence-corrected chi connectivity index (χ3v) is 2.50. The molecule has 2 rings (SSSR count). The maximum atomic E-state index is 11.7. The van der Waals surface area contributed by atoms with Crippen LogP contribution in [0.25, 0.3) is 0 Å². The SMILES string of the molecule is CC(C)(C)OC(=O)Nc1cccc2c1CCN2. The van der Waals surface area contributed by atoms with E-state index in [1.165, 1.54) is 0 Å². The first-order valence-corrected chi connectivity index (χ1v) is 5.81. The number of benzene rings is 1. The fourth-order valence-electron chi connectivity index (χ4n) is 1.87. The van der Waals surface area contributed by atoms with E-state index >= 15 is 0 Å². The van der Waals surface area contributed by atoms with E-state index in [1.807, 2.05) is 39.0 Å². The van der Waals surface area contributed by atoms with Crippen LogP contribution in [0, 0.1) is 0 Å². The van der Waals surface area contributed by atoms with Gasteiger partial charge in [-0.1, -0.05) is 6.07 Å². The molecule has 0 unspecified atom stereocenters. The molecule has 1 aromatic rings. The highest BCUT2D eigenvalue weighted by Gasteiger charge is 2.19. The number of nitrogens with one attached hydrogen (secondary N) is 2. The third kappa shape index (κ3) is 2.90. The Bertz CT molecular complexity index is 436. The summed E-state index contributed by atoms with van der Waals surface area (Å²) in [6.07, 6.45) is 0.527. The van der Waals surface area contributed by atoms with Gasteiger partial charge in [0.05, 0.1) is 0 Å². The molecular weight excluding hydrogens is 216 g/mol. The van der Waals surface area contributed by atoms with Crippen LogP contribution in [0.3, 0.4) is 0 Å². The van der Waals surface area contributed by atoms with Crippen LogP contribution in [0.1, 0.15) is 26.3 Å². The predicted octanol–water partition coefficient (Wildman–Crippen LogP) is 3.00. The van der Waals surface area contributed by atoms with Crippen LogP contribution >= 0.6 is 0 Å². The van der Waals surface area contributed by atoms with Gasteiger partial charge >= 0.3 is 6.09 Å². The smallest absolute Gasteiger partial charge is 0.412 e. The Kier molecular flexibility index (Phi) is 2.96. The summed E-state index contributed by atoms with van der Waals surface area (Å²) in [5.74, 6) is 0. The monoisotopic (exact) mass is 234 g/mol. The van der Waals surface area contributed by atoms with E-state index in [9.17, 15) is 4.79 Å². The molecule has 0 spiro atoms. The largest absolute Gasteiger partial charge is 0.444 e. The third-order valence-electron chi connectivity index (χ3n) is 2.50. The zero-order chi connectivity index (χ0) is 12.5. The van der Waals surface area contributed by atoms with E-state index in [1.54, 1.807) is 0 Å². The number of carbonyl (C=O) groups is 1. The van der Waals surface area contributed by atoms with Crippen molar-refractivity contribution in [2.75, 3.05) is 17.2 Å². The highest BCUT2D eigenvalue weighted by Crippen LogP contribution is 2.29. The molecule has 1 aliphatic heterocycles. The van der Waals surface area contributed by atoms with Gasteiger partial charge in [0.25, 0.3) is 0 Å². The van der Waals surface area contributed by atoms with Crippen LogP contribution in [-0.4, -0.2) is 18.2 Å². The van der Waals surface area contributed by atoms with Gasteiger partial charge in [0.2, 0.25) is 0 Å². The standard InChI is InChI=1S/C13H18N2O2/c1-13(2,3)17-12(16)15-11-6-4-5-10-9(11)7-8-14-10/h4-6,14H,7-8H2,1-3H3,(H,15,16). The summed E-state index contributed by atoms with van der Waals surface area (Å²) in [6, 6.07) is 5.84. The molecular formula is C13H18N2O2.